The van der Waals surface area contributed by atoms with Crippen molar-refractivity contribution in [3.8, 4) is 5.88 Å². The van der Waals surface area contributed by atoms with E-state index < -0.39 is 6.10 Å². The number of allylic oxidation sites excluding steroid dienone is 2. The van der Waals surface area contributed by atoms with Crippen molar-refractivity contribution in [3.05, 3.63) is 65.3 Å². The number of aliphatic imine (C=N–C) groups is 1. The maximum atomic E-state index is 9.09. The van der Waals surface area contributed by atoms with E-state index in [1.54, 1.807) is 6.07 Å². The highest BCUT2D eigenvalue weighted by Gasteiger charge is 2.11. The fraction of sp³-hybridized carbons (Fsp3) is 0.594. The summed E-state index contributed by atoms with van der Waals surface area (Å²) in [5, 5.41) is 17.7. The van der Waals surface area contributed by atoms with Gasteiger partial charge in [0.05, 0.1) is 12.3 Å². The summed E-state index contributed by atoms with van der Waals surface area (Å²) in [5.41, 5.74) is 4.64. The number of hydrogen-bond donors (Lipinski definition) is 2. The standard InChI is InChI=1S/C14H22N2.C11H17NO3.C7H11N/c1-12(2)14-8-6-7-13(15-14)11-16-9-4-3-5-10-16;1-8(2)10-4-3-5-11(12-10)15-7-9(14)6-13;1-6(2)7-4-3-5-8-7/h6-8,12H,3-5,9-11H2,1-2H3;3-5,8-9,13-14H,6-7H2,1-2H3;4-6H,3H2,1-2H3. The Hall–Kier alpha value is -2.61. The van der Waals surface area contributed by atoms with Gasteiger partial charge in [0, 0.05) is 42.3 Å². The quantitative estimate of drug-likeness (QED) is 0.399. The van der Waals surface area contributed by atoms with E-state index in [-0.39, 0.29) is 13.2 Å². The molecule has 4 rings (SSSR count). The smallest absolute Gasteiger partial charge is 0.213 e. The Labute approximate surface area is 236 Å². The molecule has 2 aliphatic heterocycles. The second-order valence-electron chi connectivity index (χ2n) is 11.1. The lowest BCUT2D eigenvalue weighted by Gasteiger charge is -2.26. The van der Waals surface area contributed by atoms with Gasteiger partial charge in [-0.25, -0.2) is 4.98 Å². The zero-order valence-corrected chi connectivity index (χ0v) is 24.9. The number of pyridine rings is 2. The molecule has 1 atom stereocenters. The number of piperidine rings is 1. The van der Waals surface area contributed by atoms with Crippen LogP contribution in [0.4, 0.5) is 0 Å². The first-order valence-corrected chi connectivity index (χ1v) is 14.5. The minimum atomic E-state index is -0.852. The second kappa shape index (κ2) is 17.9. The van der Waals surface area contributed by atoms with Crippen LogP contribution in [-0.4, -0.2) is 63.7 Å². The summed E-state index contributed by atoms with van der Waals surface area (Å²) < 4.78 is 5.23. The van der Waals surface area contributed by atoms with Gasteiger partial charge in [-0.15, -0.1) is 0 Å². The number of aliphatic hydroxyl groups is 2. The Morgan fingerprint density at radius 2 is 1.49 bits per heavy atom. The van der Waals surface area contributed by atoms with Crippen LogP contribution >= 0.6 is 0 Å². The van der Waals surface area contributed by atoms with Crippen molar-refractivity contribution < 1.29 is 14.9 Å². The van der Waals surface area contributed by atoms with E-state index >= 15 is 0 Å². The summed E-state index contributed by atoms with van der Waals surface area (Å²) in [4.78, 5) is 15.7. The SMILES string of the molecule is CC(C)C1=CCC=N1.CC(C)c1cccc(CN2CCCCC2)n1.CC(C)c1cccc(OCC(O)CO)n1. The molecule has 0 spiro atoms. The summed E-state index contributed by atoms with van der Waals surface area (Å²) in [6, 6.07) is 11.9. The Morgan fingerprint density at radius 1 is 0.846 bits per heavy atom. The molecule has 7 heteroatoms. The molecule has 0 amide bonds. The summed E-state index contributed by atoms with van der Waals surface area (Å²) in [6.07, 6.45) is 8.41. The van der Waals surface area contributed by atoms with E-state index in [1.165, 1.54) is 49.4 Å². The zero-order chi connectivity index (χ0) is 28.6. The maximum Gasteiger partial charge on any atom is 0.213 e. The number of hydrogen-bond acceptors (Lipinski definition) is 7. The molecule has 7 nitrogen and oxygen atoms in total. The first-order chi connectivity index (χ1) is 18.7. The van der Waals surface area contributed by atoms with E-state index in [2.05, 4.69) is 80.7 Å². The molecule has 1 fully saturated rings. The predicted molar refractivity (Wildman–Crippen MR) is 160 cm³/mol. The molecule has 2 aromatic heterocycles. The minimum absolute atomic E-state index is 0.0606. The molecule has 0 radical (unpaired) electrons. The van der Waals surface area contributed by atoms with Crippen LogP contribution in [0.1, 0.15) is 96.1 Å². The predicted octanol–water partition coefficient (Wildman–Crippen LogP) is 6.13. The molecule has 2 N–H and O–H groups in total. The van der Waals surface area contributed by atoms with Gasteiger partial charge in [0.25, 0.3) is 0 Å². The highest BCUT2D eigenvalue weighted by atomic mass is 16.5. The van der Waals surface area contributed by atoms with Crippen molar-refractivity contribution in [1.29, 1.82) is 0 Å². The number of ether oxygens (including phenoxy) is 1. The molecule has 1 unspecified atom stereocenters. The van der Waals surface area contributed by atoms with Crippen molar-refractivity contribution >= 4 is 6.21 Å². The number of nitrogens with zero attached hydrogens (tertiary/aromatic N) is 4. The Bertz CT molecular complexity index is 1010. The zero-order valence-electron chi connectivity index (χ0n) is 24.9. The van der Waals surface area contributed by atoms with Crippen molar-refractivity contribution in [2.24, 2.45) is 10.9 Å². The van der Waals surface area contributed by atoms with Crippen LogP contribution in [-0.2, 0) is 6.54 Å². The summed E-state index contributed by atoms with van der Waals surface area (Å²) in [6.45, 7) is 16.1. The van der Waals surface area contributed by atoms with Crippen molar-refractivity contribution in [2.45, 2.75) is 91.7 Å². The fourth-order valence-corrected chi connectivity index (χ4v) is 4.09. The van der Waals surface area contributed by atoms with Crippen LogP contribution in [0.15, 0.2) is 53.2 Å². The Morgan fingerprint density at radius 3 is 2.03 bits per heavy atom. The van der Waals surface area contributed by atoms with Crippen LogP contribution in [0.25, 0.3) is 0 Å². The fourth-order valence-electron chi connectivity index (χ4n) is 4.09. The van der Waals surface area contributed by atoms with Gasteiger partial charge in [0.2, 0.25) is 5.88 Å². The monoisotopic (exact) mass is 538 g/mol. The van der Waals surface area contributed by atoms with E-state index in [4.69, 9.17) is 19.9 Å². The molecule has 216 valence electrons. The Kier molecular flexibility index (Phi) is 14.9. The largest absolute Gasteiger partial charge is 0.475 e. The molecule has 0 saturated carbocycles. The van der Waals surface area contributed by atoms with Gasteiger partial charge in [0.1, 0.15) is 12.7 Å². The first kappa shape index (κ1) is 32.6. The summed E-state index contributed by atoms with van der Waals surface area (Å²) in [5.74, 6) is 1.96. The number of aliphatic hydroxyl groups excluding tert-OH is 2. The van der Waals surface area contributed by atoms with E-state index in [0.29, 0.717) is 23.6 Å². The average molecular weight is 539 g/mol. The second-order valence-corrected chi connectivity index (χ2v) is 11.1. The molecule has 2 aliphatic rings. The van der Waals surface area contributed by atoms with Gasteiger partial charge < -0.3 is 14.9 Å². The lowest BCUT2D eigenvalue weighted by Crippen LogP contribution is -2.29. The van der Waals surface area contributed by atoms with Crippen LogP contribution < -0.4 is 4.74 Å². The summed E-state index contributed by atoms with van der Waals surface area (Å²) in [7, 11) is 0. The number of aromatic nitrogens is 2. The van der Waals surface area contributed by atoms with Crippen LogP contribution in [0.3, 0.4) is 0 Å². The minimum Gasteiger partial charge on any atom is -0.475 e. The van der Waals surface area contributed by atoms with Gasteiger partial charge in [-0.3, -0.25) is 14.9 Å². The van der Waals surface area contributed by atoms with E-state index in [0.717, 1.165) is 18.7 Å². The molecule has 4 heterocycles. The molecule has 0 bridgehead atoms. The van der Waals surface area contributed by atoms with E-state index in [9.17, 15) is 0 Å². The van der Waals surface area contributed by atoms with Crippen LogP contribution in [0.5, 0.6) is 5.88 Å². The molecule has 0 aromatic carbocycles. The van der Waals surface area contributed by atoms with Crippen LogP contribution in [0, 0.1) is 5.92 Å². The van der Waals surface area contributed by atoms with Gasteiger partial charge >= 0.3 is 0 Å². The third kappa shape index (κ3) is 12.9. The van der Waals surface area contributed by atoms with Gasteiger partial charge in [0.15, 0.2) is 0 Å². The lowest BCUT2D eigenvalue weighted by molar-refractivity contribution is 0.0520. The average Bonchev–Trinajstić information content (AvgIpc) is 3.49. The van der Waals surface area contributed by atoms with Crippen LogP contribution in [0.2, 0.25) is 0 Å². The molecule has 39 heavy (non-hydrogen) atoms. The van der Waals surface area contributed by atoms with Crippen molar-refractivity contribution in [1.82, 2.24) is 14.9 Å². The molecular formula is C32H50N4O3. The van der Waals surface area contributed by atoms with Gasteiger partial charge in [-0.05, 0) is 61.9 Å². The molecule has 1 saturated heterocycles. The normalized spacial score (nSPS) is 15.9. The van der Waals surface area contributed by atoms with Crippen molar-refractivity contribution in [3.63, 3.8) is 0 Å². The van der Waals surface area contributed by atoms with Gasteiger partial charge in [-0.1, -0.05) is 66.2 Å². The molecule has 2 aromatic rings. The maximum absolute atomic E-state index is 9.09. The van der Waals surface area contributed by atoms with E-state index in [1.807, 2.05) is 18.3 Å². The molecular weight excluding hydrogens is 488 g/mol. The third-order valence-electron chi connectivity index (χ3n) is 6.49. The number of rotatable bonds is 9. The highest BCUT2D eigenvalue weighted by molar-refractivity contribution is 5.64. The number of likely N-dealkylation sites (tertiary alicyclic amines) is 1. The third-order valence-corrected chi connectivity index (χ3v) is 6.49. The topological polar surface area (TPSA) is 91.1 Å². The summed E-state index contributed by atoms with van der Waals surface area (Å²) >= 11 is 0. The highest BCUT2D eigenvalue weighted by Crippen LogP contribution is 2.17. The lowest BCUT2D eigenvalue weighted by atomic mass is 10.1. The Balaban J connectivity index is 0.000000216. The molecule has 0 aliphatic carbocycles. The van der Waals surface area contributed by atoms with Gasteiger partial charge in [-0.2, -0.15) is 0 Å². The first-order valence-electron chi connectivity index (χ1n) is 14.5. The van der Waals surface area contributed by atoms with Crippen molar-refractivity contribution in [2.75, 3.05) is 26.3 Å².